The molecule has 0 heterocycles. The van der Waals surface area contributed by atoms with E-state index in [2.05, 4.69) is 27.8 Å². The van der Waals surface area contributed by atoms with Gasteiger partial charge in [0.15, 0.2) is 0 Å². The summed E-state index contributed by atoms with van der Waals surface area (Å²) < 4.78 is 6.42. The smallest absolute Gasteiger partial charge is 0.338 e. The van der Waals surface area contributed by atoms with Crippen LogP contribution in [0, 0.1) is 11.8 Å². The molecule has 5 nitrogen and oxygen atoms in total. The molecule has 0 spiro atoms. The highest BCUT2D eigenvalue weighted by Gasteiger charge is 2.24. The van der Waals surface area contributed by atoms with Gasteiger partial charge in [-0.15, -0.1) is 0 Å². The minimum absolute atomic E-state index is 0.268. The number of nitrogen functional groups attached to an aromatic ring is 1. The molecule has 0 aromatic heterocycles. The second kappa shape index (κ2) is 11.5. The number of hydrogen-bond acceptors (Lipinski definition) is 5. The van der Waals surface area contributed by atoms with Gasteiger partial charge in [-0.3, -0.25) is 4.90 Å². The predicted octanol–water partition coefficient (Wildman–Crippen LogP) is 5.14. The minimum Gasteiger partial charge on any atom is -0.462 e. The topological polar surface area (TPSA) is 75.8 Å². The summed E-state index contributed by atoms with van der Waals surface area (Å²) in [5.74, 6) is 0.538. The zero-order chi connectivity index (χ0) is 21.5. The van der Waals surface area contributed by atoms with Crippen molar-refractivity contribution in [1.82, 2.24) is 4.90 Å². The van der Waals surface area contributed by atoms with Crippen LogP contribution in [0.25, 0.3) is 0 Å². The molecular formula is C24H37BrN2O3. The lowest BCUT2D eigenvalue weighted by atomic mass is 9.83. The number of nitrogens with zero attached hydrogens (tertiary/aromatic N) is 1. The average Bonchev–Trinajstić information content (AvgIpc) is 2.79. The number of benzene rings is 1. The number of aliphatic hydroxyl groups excluding tert-OH is 1. The van der Waals surface area contributed by atoms with Crippen molar-refractivity contribution in [1.29, 1.82) is 0 Å². The van der Waals surface area contributed by atoms with E-state index in [0.29, 0.717) is 35.7 Å². The molecule has 1 aromatic carbocycles. The molecular weight excluding hydrogens is 444 g/mol. The molecule has 3 N–H and O–H groups in total. The largest absolute Gasteiger partial charge is 0.462 e. The van der Waals surface area contributed by atoms with Crippen LogP contribution >= 0.6 is 15.9 Å². The summed E-state index contributed by atoms with van der Waals surface area (Å²) in [6.07, 6.45) is 10.5. The minimum atomic E-state index is -0.276. The number of carbonyl (C=O) groups excluding carboxylic acids is 1. The second-order valence-electron chi connectivity index (χ2n) is 9.05. The molecule has 0 bridgehead atoms. The fourth-order valence-electron chi connectivity index (χ4n) is 4.95. The Morgan fingerprint density at radius 1 is 1.13 bits per heavy atom. The van der Waals surface area contributed by atoms with Gasteiger partial charge in [-0.25, -0.2) is 4.79 Å². The van der Waals surface area contributed by atoms with Crippen molar-refractivity contribution in [3.05, 3.63) is 27.7 Å². The molecule has 0 unspecified atom stereocenters. The first-order chi connectivity index (χ1) is 14.5. The van der Waals surface area contributed by atoms with Crippen molar-refractivity contribution in [2.75, 3.05) is 25.5 Å². The quantitative estimate of drug-likeness (QED) is 0.397. The van der Waals surface area contributed by atoms with E-state index >= 15 is 0 Å². The molecule has 2 aliphatic carbocycles. The van der Waals surface area contributed by atoms with Gasteiger partial charge in [-0.05, 0) is 90.5 Å². The zero-order valence-corrected chi connectivity index (χ0v) is 19.8. The number of nitrogens with two attached hydrogens (primary N) is 1. The number of esters is 1. The van der Waals surface area contributed by atoms with Gasteiger partial charge in [0.25, 0.3) is 0 Å². The van der Waals surface area contributed by atoms with Gasteiger partial charge in [0, 0.05) is 23.7 Å². The summed E-state index contributed by atoms with van der Waals surface area (Å²) in [5.41, 5.74) is 8.62. The predicted molar refractivity (Wildman–Crippen MR) is 124 cm³/mol. The van der Waals surface area contributed by atoms with Crippen LogP contribution in [-0.2, 0) is 11.3 Å². The first-order valence-electron chi connectivity index (χ1n) is 11.6. The third-order valence-electron chi connectivity index (χ3n) is 7.00. The van der Waals surface area contributed by atoms with Crippen LogP contribution in [0.4, 0.5) is 5.69 Å². The molecule has 0 amide bonds. The zero-order valence-electron chi connectivity index (χ0n) is 18.2. The third-order valence-corrected chi connectivity index (χ3v) is 7.65. The van der Waals surface area contributed by atoms with Crippen LogP contribution in [0.5, 0.6) is 0 Å². The van der Waals surface area contributed by atoms with Crippen molar-refractivity contribution in [3.63, 3.8) is 0 Å². The maximum Gasteiger partial charge on any atom is 0.338 e. The Kier molecular flexibility index (Phi) is 9.02. The van der Waals surface area contributed by atoms with Gasteiger partial charge in [0.2, 0.25) is 0 Å². The molecule has 2 aliphatic rings. The van der Waals surface area contributed by atoms with Crippen molar-refractivity contribution >= 4 is 27.6 Å². The van der Waals surface area contributed by atoms with E-state index in [1.165, 1.54) is 32.1 Å². The summed E-state index contributed by atoms with van der Waals surface area (Å²) in [6, 6.07) is 4.30. The van der Waals surface area contributed by atoms with Crippen molar-refractivity contribution < 1.29 is 14.6 Å². The van der Waals surface area contributed by atoms with E-state index < -0.39 is 0 Å². The van der Waals surface area contributed by atoms with Crippen LogP contribution in [0.15, 0.2) is 16.6 Å². The van der Waals surface area contributed by atoms with Crippen LogP contribution < -0.4 is 5.73 Å². The summed E-state index contributed by atoms with van der Waals surface area (Å²) in [6.45, 7) is 4.66. The molecule has 0 saturated heterocycles. The molecule has 2 fully saturated rings. The first-order valence-corrected chi connectivity index (χ1v) is 12.4. The Morgan fingerprint density at radius 2 is 1.80 bits per heavy atom. The van der Waals surface area contributed by atoms with Crippen LogP contribution in [0.2, 0.25) is 0 Å². The van der Waals surface area contributed by atoms with Crippen LogP contribution in [0.3, 0.4) is 0 Å². The Bertz CT molecular complexity index is 698. The van der Waals surface area contributed by atoms with Gasteiger partial charge < -0.3 is 15.6 Å². The van der Waals surface area contributed by atoms with E-state index in [4.69, 9.17) is 10.5 Å². The molecule has 6 heteroatoms. The number of halogens is 1. The van der Waals surface area contributed by atoms with Gasteiger partial charge in [-0.2, -0.15) is 0 Å². The van der Waals surface area contributed by atoms with Gasteiger partial charge in [0.05, 0.1) is 17.9 Å². The van der Waals surface area contributed by atoms with Crippen molar-refractivity contribution in [2.24, 2.45) is 11.8 Å². The third kappa shape index (κ3) is 6.21. The van der Waals surface area contributed by atoms with Crippen molar-refractivity contribution in [2.45, 2.75) is 77.3 Å². The molecule has 30 heavy (non-hydrogen) atoms. The SMILES string of the molecule is CCN(Cc1cc(C(=O)OCC2CCC(CO)CC2)cc(Br)c1N)C1CCCCC1. The van der Waals surface area contributed by atoms with E-state index in [9.17, 15) is 9.90 Å². The van der Waals surface area contributed by atoms with Crippen LogP contribution in [0.1, 0.15) is 80.6 Å². The highest BCUT2D eigenvalue weighted by atomic mass is 79.9. The monoisotopic (exact) mass is 480 g/mol. The van der Waals surface area contributed by atoms with E-state index in [-0.39, 0.29) is 12.6 Å². The molecule has 1 aromatic rings. The fourth-order valence-corrected chi connectivity index (χ4v) is 5.45. The molecule has 0 aliphatic heterocycles. The lowest BCUT2D eigenvalue weighted by molar-refractivity contribution is 0.0379. The number of carbonyl (C=O) groups is 1. The second-order valence-corrected chi connectivity index (χ2v) is 9.91. The number of anilines is 1. The normalized spacial score (nSPS) is 22.9. The molecule has 0 atom stereocenters. The molecule has 168 valence electrons. The molecule has 3 rings (SSSR count). The van der Waals surface area contributed by atoms with E-state index in [1.54, 1.807) is 6.07 Å². The molecule has 0 radical (unpaired) electrons. The van der Waals surface area contributed by atoms with Crippen molar-refractivity contribution in [3.8, 4) is 0 Å². The Balaban J connectivity index is 1.62. The summed E-state index contributed by atoms with van der Waals surface area (Å²) in [5, 5.41) is 9.28. The maximum absolute atomic E-state index is 12.7. The number of ether oxygens (including phenoxy) is 1. The summed E-state index contributed by atoms with van der Waals surface area (Å²) >= 11 is 3.54. The summed E-state index contributed by atoms with van der Waals surface area (Å²) in [4.78, 5) is 15.2. The van der Waals surface area contributed by atoms with Gasteiger partial charge in [0.1, 0.15) is 0 Å². The number of aliphatic hydroxyl groups is 1. The number of rotatable bonds is 8. The Labute approximate surface area is 189 Å². The lowest BCUT2D eigenvalue weighted by Gasteiger charge is -2.34. The highest BCUT2D eigenvalue weighted by Crippen LogP contribution is 2.31. The fraction of sp³-hybridized carbons (Fsp3) is 0.708. The van der Waals surface area contributed by atoms with Gasteiger partial charge >= 0.3 is 5.97 Å². The first kappa shape index (κ1) is 23.6. The molecule has 2 saturated carbocycles. The number of hydrogen-bond donors (Lipinski definition) is 2. The van der Waals surface area contributed by atoms with E-state index in [1.807, 2.05) is 6.07 Å². The Hall–Kier alpha value is -1.11. The highest BCUT2D eigenvalue weighted by molar-refractivity contribution is 9.10. The van der Waals surface area contributed by atoms with Gasteiger partial charge in [-0.1, -0.05) is 26.2 Å². The van der Waals surface area contributed by atoms with E-state index in [0.717, 1.165) is 48.8 Å². The average molecular weight is 481 g/mol. The summed E-state index contributed by atoms with van der Waals surface area (Å²) in [7, 11) is 0. The standard InChI is InChI=1S/C24H37BrN2O3/c1-2-27(21-6-4-3-5-7-21)14-20-12-19(13-22(25)23(20)26)24(29)30-16-18-10-8-17(15-28)9-11-18/h12-13,17-18,21,28H,2-11,14-16,26H2,1H3. The maximum atomic E-state index is 12.7. The lowest BCUT2D eigenvalue weighted by Crippen LogP contribution is -2.36. The Morgan fingerprint density at radius 3 is 2.43 bits per heavy atom. The van der Waals surface area contributed by atoms with Crippen LogP contribution in [-0.4, -0.2) is 41.8 Å².